The van der Waals surface area contributed by atoms with Gasteiger partial charge in [-0.25, -0.2) is 0 Å². The van der Waals surface area contributed by atoms with Crippen molar-refractivity contribution < 1.29 is 9.15 Å². The molecule has 7 nitrogen and oxygen atoms in total. The van der Waals surface area contributed by atoms with Crippen LogP contribution in [0.15, 0.2) is 51.9 Å². The van der Waals surface area contributed by atoms with E-state index in [0.29, 0.717) is 29.5 Å². The van der Waals surface area contributed by atoms with Crippen molar-refractivity contribution in [3.8, 4) is 5.75 Å². The van der Waals surface area contributed by atoms with Crippen molar-refractivity contribution >= 4 is 28.2 Å². The number of pyridine rings is 1. The maximum absolute atomic E-state index is 12.8. The van der Waals surface area contributed by atoms with Gasteiger partial charge in [-0.05, 0) is 74.0 Å². The number of furan rings is 1. The molecule has 0 fully saturated rings. The predicted octanol–water partition coefficient (Wildman–Crippen LogP) is 3.74. The number of fused-ring (bicyclic) bond motifs is 1. The van der Waals surface area contributed by atoms with Crippen molar-refractivity contribution in [1.29, 1.82) is 0 Å². The SMILES string of the molecule is CCN(CC)CCCN(Cc1cc2ccc(OC)cc2[nH]c1=O)C(=S)NCc1ccco1. The Kier molecular flexibility index (Phi) is 8.70. The lowest BCUT2D eigenvalue weighted by molar-refractivity contribution is 0.279. The second kappa shape index (κ2) is 11.7. The molecular weight excluding hydrogens is 424 g/mol. The van der Waals surface area contributed by atoms with Crippen LogP contribution >= 0.6 is 12.2 Å². The van der Waals surface area contributed by atoms with Gasteiger partial charge in [0.15, 0.2) is 5.11 Å². The van der Waals surface area contributed by atoms with E-state index in [0.717, 1.165) is 49.3 Å². The Bertz CT molecular complexity index is 1060. The molecule has 0 spiro atoms. The number of thiocarbonyl (C=S) groups is 1. The van der Waals surface area contributed by atoms with Gasteiger partial charge in [0.1, 0.15) is 11.5 Å². The van der Waals surface area contributed by atoms with E-state index < -0.39 is 0 Å². The van der Waals surface area contributed by atoms with Crippen molar-refractivity contribution in [2.75, 3.05) is 33.3 Å². The first-order chi connectivity index (χ1) is 15.5. The van der Waals surface area contributed by atoms with Crippen LogP contribution in [0.5, 0.6) is 5.75 Å². The minimum atomic E-state index is -0.117. The lowest BCUT2D eigenvalue weighted by Gasteiger charge is -2.27. The third-order valence-corrected chi connectivity index (χ3v) is 5.97. The molecule has 3 rings (SSSR count). The Morgan fingerprint density at radius 2 is 2.00 bits per heavy atom. The highest BCUT2D eigenvalue weighted by atomic mass is 32.1. The summed E-state index contributed by atoms with van der Waals surface area (Å²) in [5.41, 5.74) is 1.31. The van der Waals surface area contributed by atoms with Crippen molar-refractivity contribution in [3.05, 3.63) is 64.3 Å². The maximum atomic E-state index is 12.8. The zero-order chi connectivity index (χ0) is 22.9. The zero-order valence-electron chi connectivity index (χ0n) is 19.0. The lowest BCUT2D eigenvalue weighted by Crippen LogP contribution is -2.41. The average molecular weight is 457 g/mol. The molecule has 0 saturated heterocycles. The molecule has 0 aliphatic heterocycles. The Hall–Kier alpha value is -2.84. The monoisotopic (exact) mass is 456 g/mol. The largest absolute Gasteiger partial charge is 0.497 e. The topological polar surface area (TPSA) is 73.7 Å². The average Bonchev–Trinajstić information content (AvgIpc) is 3.33. The van der Waals surface area contributed by atoms with Crippen LogP contribution in [0, 0.1) is 0 Å². The fraction of sp³-hybridized carbons (Fsp3) is 0.417. The Morgan fingerprint density at radius 1 is 1.19 bits per heavy atom. The second-order valence-electron chi connectivity index (χ2n) is 7.62. The Labute approximate surface area is 194 Å². The second-order valence-corrected chi connectivity index (χ2v) is 8.00. The van der Waals surface area contributed by atoms with Gasteiger partial charge in [0.25, 0.3) is 5.56 Å². The van der Waals surface area contributed by atoms with Gasteiger partial charge < -0.3 is 29.3 Å². The summed E-state index contributed by atoms with van der Waals surface area (Å²) in [6, 6.07) is 11.4. The number of aromatic nitrogens is 1. The van der Waals surface area contributed by atoms with Crippen molar-refractivity contribution in [1.82, 2.24) is 20.1 Å². The van der Waals surface area contributed by atoms with Crippen LogP contribution in [-0.2, 0) is 13.1 Å². The number of aromatic amines is 1. The van der Waals surface area contributed by atoms with E-state index in [1.54, 1.807) is 13.4 Å². The molecule has 0 saturated carbocycles. The first kappa shape index (κ1) is 23.8. The molecule has 2 aromatic heterocycles. The molecule has 2 N–H and O–H groups in total. The van der Waals surface area contributed by atoms with Crippen LogP contribution in [0.25, 0.3) is 10.9 Å². The van der Waals surface area contributed by atoms with E-state index in [-0.39, 0.29) is 5.56 Å². The molecule has 32 heavy (non-hydrogen) atoms. The summed E-state index contributed by atoms with van der Waals surface area (Å²) >= 11 is 5.69. The number of hydrogen-bond donors (Lipinski definition) is 2. The van der Waals surface area contributed by atoms with Crippen molar-refractivity contribution in [2.24, 2.45) is 0 Å². The van der Waals surface area contributed by atoms with Gasteiger partial charge >= 0.3 is 0 Å². The molecule has 0 aliphatic rings. The molecule has 2 heterocycles. The van der Waals surface area contributed by atoms with Crippen LogP contribution < -0.4 is 15.6 Å². The number of nitrogens with zero attached hydrogens (tertiary/aromatic N) is 2. The molecule has 172 valence electrons. The summed E-state index contributed by atoms with van der Waals surface area (Å²) in [5.74, 6) is 1.52. The molecule has 0 aliphatic carbocycles. The summed E-state index contributed by atoms with van der Waals surface area (Å²) in [6.45, 7) is 9.04. The van der Waals surface area contributed by atoms with Crippen LogP contribution in [0.1, 0.15) is 31.6 Å². The van der Waals surface area contributed by atoms with E-state index in [1.807, 2.05) is 36.4 Å². The number of rotatable bonds is 11. The van der Waals surface area contributed by atoms with Gasteiger partial charge in [0, 0.05) is 18.2 Å². The fourth-order valence-electron chi connectivity index (χ4n) is 3.64. The summed E-state index contributed by atoms with van der Waals surface area (Å²) in [6.07, 6.45) is 2.60. The molecule has 0 amide bonds. The number of benzene rings is 1. The molecule has 8 heteroatoms. The number of nitrogens with one attached hydrogen (secondary N) is 2. The van der Waals surface area contributed by atoms with Crippen LogP contribution in [-0.4, -0.2) is 53.2 Å². The van der Waals surface area contributed by atoms with Crippen LogP contribution in [0.4, 0.5) is 0 Å². The number of H-pyrrole nitrogens is 1. The molecule has 0 radical (unpaired) electrons. The highest BCUT2D eigenvalue weighted by Crippen LogP contribution is 2.19. The maximum Gasteiger partial charge on any atom is 0.253 e. The lowest BCUT2D eigenvalue weighted by atomic mass is 10.1. The van der Waals surface area contributed by atoms with Crippen molar-refractivity contribution in [3.63, 3.8) is 0 Å². The standard InChI is InChI=1S/C24H32N4O3S/c1-4-27(5-2)11-7-12-28(24(32)25-16-21-8-6-13-31-21)17-19-14-18-9-10-20(30-3)15-22(18)26-23(19)29/h6,8-10,13-15H,4-5,7,11-12,16-17H2,1-3H3,(H,25,32)(H,26,29). The van der Waals surface area contributed by atoms with Gasteiger partial charge in [0.2, 0.25) is 0 Å². The highest BCUT2D eigenvalue weighted by Gasteiger charge is 2.14. The Morgan fingerprint density at radius 3 is 2.69 bits per heavy atom. The molecule has 0 bridgehead atoms. The molecule has 3 aromatic rings. The summed E-state index contributed by atoms with van der Waals surface area (Å²) in [4.78, 5) is 20.2. The van der Waals surface area contributed by atoms with Gasteiger partial charge in [-0.1, -0.05) is 13.8 Å². The highest BCUT2D eigenvalue weighted by molar-refractivity contribution is 7.80. The van der Waals surface area contributed by atoms with Gasteiger partial charge in [-0.15, -0.1) is 0 Å². The molecule has 0 atom stereocenters. The third-order valence-electron chi connectivity index (χ3n) is 5.57. The number of methoxy groups -OCH3 is 1. The van der Waals surface area contributed by atoms with Gasteiger partial charge in [0.05, 0.1) is 32.0 Å². The normalized spacial score (nSPS) is 11.1. The van der Waals surface area contributed by atoms with E-state index in [2.05, 4.69) is 33.9 Å². The van der Waals surface area contributed by atoms with E-state index in [4.69, 9.17) is 21.4 Å². The summed E-state index contributed by atoms with van der Waals surface area (Å²) < 4.78 is 10.7. The molecule has 1 aromatic carbocycles. The van der Waals surface area contributed by atoms with Gasteiger partial charge in [-0.2, -0.15) is 0 Å². The number of ether oxygens (including phenoxy) is 1. The predicted molar refractivity (Wildman–Crippen MR) is 132 cm³/mol. The third kappa shape index (κ3) is 6.34. The van der Waals surface area contributed by atoms with Crippen LogP contribution in [0.3, 0.4) is 0 Å². The zero-order valence-corrected chi connectivity index (χ0v) is 19.8. The summed E-state index contributed by atoms with van der Waals surface area (Å²) in [7, 11) is 1.61. The van der Waals surface area contributed by atoms with Crippen molar-refractivity contribution in [2.45, 2.75) is 33.4 Å². The molecular formula is C24H32N4O3S. The quantitative estimate of drug-likeness (QED) is 0.426. The summed E-state index contributed by atoms with van der Waals surface area (Å²) in [5, 5.41) is 4.83. The van der Waals surface area contributed by atoms with Gasteiger partial charge in [-0.3, -0.25) is 4.79 Å². The van der Waals surface area contributed by atoms with E-state index in [9.17, 15) is 4.79 Å². The minimum Gasteiger partial charge on any atom is -0.497 e. The fourth-order valence-corrected chi connectivity index (χ4v) is 3.87. The first-order valence-corrected chi connectivity index (χ1v) is 11.4. The van der Waals surface area contributed by atoms with Crippen LogP contribution in [0.2, 0.25) is 0 Å². The van der Waals surface area contributed by atoms with E-state index in [1.165, 1.54) is 0 Å². The molecule has 0 unspecified atom stereocenters. The van der Waals surface area contributed by atoms with E-state index >= 15 is 0 Å². The number of hydrogen-bond acceptors (Lipinski definition) is 5. The smallest absolute Gasteiger partial charge is 0.253 e. The Balaban J connectivity index is 1.76. The minimum absolute atomic E-state index is 0.117. The first-order valence-electron chi connectivity index (χ1n) is 11.0.